The van der Waals surface area contributed by atoms with Gasteiger partial charge in [0.1, 0.15) is 5.58 Å². The van der Waals surface area contributed by atoms with E-state index in [0.29, 0.717) is 11.6 Å². The second-order valence-corrected chi connectivity index (χ2v) is 7.30. The zero-order valence-electron chi connectivity index (χ0n) is 16.7. The molecule has 0 spiro atoms. The smallest absolute Gasteiger partial charge is 0.249 e. The summed E-state index contributed by atoms with van der Waals surface area (Å²) < 4.78 is 5.78. The second-order valence-electron chi connectivity index (χ2n) is 7.30. The molecule has 1 atom stereocenters. The highest BCUT2D eigenvalue weighted by Crippen LogP contribution is 2.33. The molecule has 2 N–H and O–H groups in total. The van der Waals surface area contributed by atoms with Crippen LogP contribution in [0.5, 0.6) is 0 Å². The van der Waals surface area contributed by atoms with Gasteiger partial charge in [-0.25, -0.2) is 0 Å². The fourth-order valence-corrected chi connectivity index (χ4v) is 3.79. The predicted molar refractivity (Wildman–Crippen MR) is 116 cm³/mol. The Labute approximate surface area is 177 Å². The second kappa shape index (κ2) is 7.56. The van der Waals surface area contributed by atoms with Gasteiger partial charge in [0.25, 0.3) is 0 Å². The lowest BCUT2D eigenvalue weighted by Gasteiger charge is -2.32. The number of anilines is 1. The van der Waals surface area contributed by atoms with Crippen LogP contribution in [0, 0.1) is 0 Å². The topological polar surface area (TPSA) is 104 Å². The summed E-state index contributed by atoms with van der Waals surface area (Å²) in [4.78, 5) is 30.7. The first kappa shape index (κ1) is 18.8. The molecule has 154 valence electrons. The number of hydrogen-bond donors (Lipinski definition) is 2. The van der Waals surface area contributed by atoms with Crippen molar-refractivity contribution >= 4 is 34.8 Å². The van der Waals surface area contributed by atoms with Crippen molar-refractivity contribution in [2.24, 2.45) is 0 Å². The molecule has 0 saturated heterocycles. The Kier molecular flexibility index (Phi) is 4.59. The molecule has 0 saturated carbocycles. The third-order valence-corrected chi connectivity index (χ3v) is 5.24. The molecule has 1 aliphatic rings. The number of para-hydroxylation sites is 1. The first-order valence-corrected chi connectivity index (χ1v) is 9.86. The average Bonchev–Trinajstić information content (AvgIpc) is 3.40. The van der Waals surface area contributed by atoms with E-state index in [1.165, 1.54) is 6.92 Å². The Hall–Kier alpha value is -4.20. The van der Waals surface area contributed by atoms with Crippen LogP contribution in [0.4, 0.5) is 5.95 Å². The van der Waals surface area contributed by atoms with Crippen molar-refractivity contribution in [3.05, 3.63) is 71.9 Å². The van der Waals surface area contributed by atoms with E-state index >= 15 is 0 Å². The van der Waals surface area contributed by atoms with Crippen LogP contribution in [0.3, 0.4) is 0 Å². The Bertz CT molecular complexity index is 1290. The van der Waals surface area contributed by atoms with E-state index in [2.05, 4.69) is 20.5 Å². The van der Waals surface area contributed by atoms with Crippen LogP contribution < -0.4 is 5.32 Å². The Balaban J connectivity index is 1.33. The van der Waals surface area contributed by atoms with Gasteiger partial charge in [0.15, 0.2) is 11.6 Å². The van der Waals surface area contributed by atoms with Gasteiger partial charge in [-0.05, 0) is 29.3 Å². The first-order chi connectivity index (χ1) is 15.1. The number of carbonyl (C=O) groups excluding carboxylic acids is 2. The number of hydrogen-bond acceptors (Lipinski definition) is 5. The van der Waals surface area contributed by atoms with Crippen LogP contribution in [0.25, 0.3) is 28.6 Å². The fraction of sp³-hybridized carbons (Fsp3) is 0.130. The Morgan fingerprint density at radius 2 is 1.97 bits per heavy atom. The van der Waals surface area contributed by atoms with Crippen LogP contribution in [0.15, 0.2) is 65.2 Å². The zero-order chi connectivity index (χ0) is 21.4. The van der Waals surface area contributed by atoms with Crippen molar-refractivity contribution in [3.8, 4) is 11.6 Å². The molecule has 0 aliphatic carbocycles. The molecule has 8 heteroatoms. The van der Waals surface area contributed by atoms with E-state index in [9.17, 15) is 9.59 Å². The molecule has 0 radical (unpaired) electrons. The summed E-state index contributed by atoms with van der Waals surface area (Å²) in [5.74, 6) is 0.672. The minimum absolute atomic E-state index is 0.0788. The molecule has 2 aromatic carbocycles. The SMILES string of the molecule is CC(=O)N1C=Cc2ccccc2C1CC(=O)Nc1n[nH]c(-c2cc3ccccc3o2)n1. The molecule has 2 amide bonds. The normalized spacial score (nSPS) is 15.1. The highest BCUT2D eigenvalue weighted by atomic mass is 16.3. The molecular weight excluding hydrogens is 394 g/mol. The lowest BCUT2D eigenvalue weighted by molar-refractivity contribution is -0.129. The number of carbonyl (C=O) groups is 2. The Morgan fingerprint density at radius 3 is 2.81 bits per heavy atom. The summed E-state index contributed by atoms with van der Waals surface area (Å²) in [5.41, 5.74) is 2.66. The number of aromatic amines is 1. The summed E-state index contributed by atoms with van der Waals surface area (Å²) in [5, 5.41) is 10.5. The van der Waals surface area contributed by atoms with Gasteiger partial charge in [-0.1, -0.05) is 42.5 Å². The molecule has 0 bridgehead atoms. The molecule has 8 nitrogen and oxygen atoms in total. The van der Waals surface area contributed by atoms with E-state index in [1.54, 1.807) is 11.1 Å². The van der Waals surface area contributed by atoms with E-state index in [0.717, 1.165) is 22.1 Å². The van der Waals surface area contributed by atoms with E-state index < -0.39 is 6.04 Å². The summed E-state index contributed by atoms with van der Waals surface area (Å²) >= 11 is 0. The van der Waals surface area contributed by atoms with Gasteiger partial charge in [0, 0.05) is 18.5 Å². The minimum atomic E-state index is -0.396. The van der Waals surface area contributed by atoms with Crippen molar-refractivity contribution in [2.75, 3.05) is 5.32 Å². The molecular formula is C23H19N5O3. The van der Waals surface area contributed by atoms with Gasteiger partial charge >= 0.3 is 0 Å². The van der Waals surface area contributed by atoms with E-state index in [-0.39, 0.29) is 24.2 Å². The number of fused-ring (bicyclic) bond motifs is 2. The molecule has 0 fully saturated rings. The summed E-state index contributed by atoms with van der Waals surface area (Å²) in [6, 6.07) is 16.8. The standard InChI is InChI=1S/C23H19N5O3/c1-14(29)28-11-10-15-6-2-4-8-17(15)18(28)13-21(30)24-23-25-22(26-27-23)20-12-16-7-3-5-9-19(16)31-20/h2-12,18H,13H2,1H3,(H2,24,25,26,27,30). The molecule has 2 aromatic heterocycles. The van der Waals surface area contributed by atoms with Gasteiger partial charge in [-0.2, -0.15) is 4.98 Å². The van der Waals surface area contributed by atoms with Crippen molar-refractivity contribution in [2.45, 2.75) is 19.4 Å². The van der Waals surface area contributed by atoms with Crippen molar-refractivity contribution < 1.29 is 14.0 Å². The molecule has 31 heavy (non-hydrogen) atoms. The van der Waals surface area contributed by atoms with E-state index in [4.69, 9.17) is 4.42 Å². The number of nitrogens with one attached hydrogen (secondary N) is 2. The zero-order valence-corrected chi connectivity index (χ0v) is 16.7. The third kappa shape index (κ3) is 3.59. The van der Waals surface area contributed by atoms with Crippen LogP contribution in [-0.2, 0) is 9.59 Å². The number of nitrogens with zero attached hydrogens (tertiary/aromatic N) is 3. The number of benzene rings is 2. The van der Waals surface area contributed by atoms with Crippen molar-refractivity contribution in [1.82, 2.24) is 20.1 Å². The van der Waals surface area contributed by atoms with Crippen molar-refractivity contribution in [3.63, 3.8) is 0 Å². The number of amides is 2. The van der Waals surface area contributed by atoms with Crippen LogP contribution in [0.1, 0.15) is 30.5 Å². The lowest BCUT2D eigenvalue weighted by atomic mass is 9.93. The average molecular weight is 413 g/mol. The lowest BCUT2D eigenvalue weighted by Crippen LogP contribution is -2.33. The van der Waals surface area contributed by atoms with Crippen LogP contribution in [0.2, 0.25) is 0 Å². The maximum Gasteiger partial charge on any atom is 0.249 e. The van der Waals surface area contributed by atoms with Gasteiger partial charge in [0.2, 0.25) is 17.8 Å². The number of H-pyrrole nitrogens is 1. The van der Waals surface area contributed by atoms with E-state index in [1.807, 2.05) is 60.7 Å². The minimum Gasteiger partial charge on any atom is -0.453 e. The fourth-order valence-electron chi connectivity index (χ4n) is 3.79. The Morgan fingerprint density at radius 1 is 1.16 bits per heavy atom. The summed E-state index contributed by atoms with van der Waals surface area (Å²) in [6.07, 6.45) is 3.67. The molecule has 4 aromatic rings. The molecule has 5 rings (SSSR count). The molecule has 3 heterocycles. The number of rotatable bonds is 4. The quantitative estimate of drug-likeness (QED) is 0.524. The van der Waals surface area contributed by atoms with Gasteiger partial charge in [-0.15, -0.1) is 5.10 Å². The maximum atomic E-state index is 12.8. The van der Waals surface area contributed by atoms with Gasteiger partial charge in [0.05, 0.1) is 12.5 Å². The highest BCUT2D eigenvalue weighted by molar-refractivity contribution is 5.91. The largest absolute Gasteiger partial charge is 0.453 e. The van der Waals surface area contributed by atoms with Crippen LogP contribution in [-0.4, -0.2) is 31.9 Å². The van der Waals surface area contributed by atoms with Gasteiger partial charge < -0.3 is 9.32 Å². The third-order valence-electron chi connectivity index (χ3n) is 5.24. The van der Waals surface area contributed by atoms with Crippen LogP contribution >= 0.6 is 0 Å². The highest BCUT2D eigenvalue weighted by Gasteiger charge is 2.28. The first-order valence-electron chi connectivity index (χ1n) is 9.86. The molecule has 1 aliphatic heterocycles. The van der Waals surface area contributed by atoms with Crippen molar-refractivity contribution in [1.29, 1.82) is 0 Å². The molecule has 1 unspecified atom stereocenters. The number of furan rings is 1. The number of aromatic nitrogens is 3. The monoisotopic (exact) mass is 413 g/mol. The summed E-state index contributed by atoms with van der Waals surface area (Å²) in [6.45, 7) is 1.48. The summed E-state index contributed by atoms with van der Waals surface area (Å²) in [7, 11) is 0. The van der Waals surface area contributed by atoms with Gasteiger partial charge in [-0.3, -0.25) is 20.0 Å². The maximum absolute atomic E-state index is 12.8. The predicted octanol–water partition coefficient (Wildman–Crippen LogP) is 4.12.